The van der Waals surface area contributed by atoms with Gasteiger partial charge in [0.15, 0.2) is 0 Å². The summed E-state index contributed by atoms with van der Waals surface area (Å²) in [6, 6.07) is 23.8. The van der Waals surface area contributed by atoms with Crippen molar-refractivity contribution in [2.45, 2.75) is 11.4 Å². The number of nitrogens with zero attached hydrogens (tertiary/aromatic N) is 1. The number of benzene rings is 3. The van der Waals surface area contributed by atoms with Crippen LogP contribution in [-0.2, 0) is 16.6 Å². The summed E-state index contributed by atoms with van der Waals surface area (Å²) in [6.45, 7) is 0.735. The van der Waals surface area contributed by atoms with Crippen LogP contribution in [0.15, 0.2) is 83.8 Å². The molecule has 140 valence electrons. The Morgan fingerprint density at radius 3 is 2.19 bits per heavy atom. The monoisotopic (exact) mass is 382 g/mol. The van der Waals surface area contributed by atoms with Gasteiger partial charge in [0.2, 0.25) is 0 Å². The zero-order valence-corrected chi connectivity index (χ0v) is 16.1. The molecule has 0 aliphatic heterocycles. The van der Waals surface area contributed by atoms with E-state index < -0.39 is 10.0 Å². The van der Waals surface area contributed by atoms with Crippen molar-refractivity contribution in [1.82, 2.24) is 0 Å². The van der Waals surface area contributed by atoms with Crippen LogP contribution in [0.3, 0.4) is 0 Å². The molecule has 0 bridgehead atoms. The third kappa shape index (κ3) is 4.60. The van der Waals surface area contributed by atoms with Gasteiger partial charge in [0.05, 0.1) is 17.7 Å². The van der Waals surface area contributed by atoms with Gasteiger partial charge in [-0.05, 0) is 29.8 Å². The Kier molecular flexibility index (Phi) is 5.66. The number of hydrogen-bond acceptors (Lipinski definition) is 4. The van der Waals surface area contributed by atoms with Crippen molar-refractivity contribution in [3.63, 3.8) is 0 Å². The molecule has 0 saturated carbocycles. The van der Waals surface area contributed by atoms with Crippen molar-refractivity contribution in [3.8, 4) is 5.75 Å². The highest BCUT2D eigenvalue weighted by molar-refractivity contribution is 7.92. The van der Waals surface area contributed by atoms with Crippen LogP contribution in [0.2, 0.25) is 0 Å². The van der Waals surface area contributed by atoms with Gasteiger partial charge in [-0.2, -0.15) is 0 Å². The molecular weight excluding hydrogens is 360 g/mol. The van der Waals surface area contributed by atoms with E-state index in [1.807, 2.05) is 37.4 Å². The van der Waals surface area contributed by atoms with Crippen molar-refractivity contribution < 1.29 is 13.2 Å². The van der Waals surface area contributed by atoms with E-state index in [1.165, 1.54) is 12.7 Å². The third-order valence-corrected chi connectivity index (χ3v) is 5.57. The molecule has 0 saturated heterocycles. The number of methoxy groups -OCH3 is 1. The molecule has 27 heavy (non-hydrogen) atoms. The lowest BCUT2D eigenvalue weighted by Gasteiger charge is -2.21. The van der Waals surface area contributed by atoms with Crippen molar-refractivity contribution >= 4 is 21.4 Å². The van der Waals surface area contributed by atoms with Gasteiger partial charge in [0.25, 0.3) is 10.0 Å². The van der Waals surface area contributed by atoms with Gasteiger partial charge in [-0.15, -0.1) is 0 Å². The molecule has 3 aromatic carbocycles. The Bertz CT molecular complexity index is 990. The van der Waals surface area contributed by atoms with Gasteiger partial charge in [-0.3, -0.25) is 4.72 Å². The summed E-state index contributed by atoms with van der Waals surface area (Å²) in [5, 5.41) is 0. The van der Waals surface area contributed by atoms with Crippen molar-refractivity contribution in [1.29, 1.82) is 0 Å². The zero-order valence-electron chi connectivity index (χ0n) is 15.3. The van der Waals surface area contributed by atoms with Gasteiger partial charge in [-0.25, -0.2) is 8.42 Å². The van der Waals surface area contributed by atoms with Crippen LogP contribution in [0.1, 0.15) is 5.56 Å². The smallest absolute Gasteiger partial charge is 0.262 e. The van der Waals surface area contributed by atoms with Gasteiger partial charge in [0.1, 0.15) is 5.75 Å². The van der Waals surface area contributed by atoms with E-state index in [0.29, 0.717) is 11.4 Å². The Labute approximate surface area is 160 Å². The lowest BCUT2D eigenvalue weighted by Crippen LogP contribution is -2.17. The molecule has 0 aromatic heterocycles. The minimum Gasteiger partial charge on any atom is -0.494 e. The van der Waals surface area contributed by atoms with Crippen LogP contribution in [0.25, 0.3) is 0 Å². The van der Waals surface area contributed by atoms with Crippen molar-refractivity contribution in [3.05, 3.63) is 84.4 Å². The Balaban J connectivity index is 1.82. The van der Waals surface area contributed by atoms with E-state index in [1.54, 1.807) is 36.4 Å². The van der Waals surface area contributed by atoms with Crippen molar-refractivity contribution in [2.24, 2.45) is 0 Å². The summed E-state index contributed by atoms with van der Waals surface area (Å²) in [4.78, 5) is 2.28. The summed E-state index contributed by atoms with van der Waals surface area (Å²) in [7, 11) is -0.165. The van der Waals surface area contributed by atoms with Gasteiger partial charge in [-0.1, -0.05) is 48.5 Å². The first kappa shape index (κ1) is 18.8. The molecule has 0 heterocycles. The van der Waals surface area contributed by atoms with Crippen LogP contribution >= 0.6 is 0 Å². The highest BCUT2D eigenvalue weighted by Gasteiger charge is 2.17. The van der Waals surface area contributed by atoms with E-state index in [4.69, 9.17) is 4.74 Å². The van der Waals surface area contributed by atoms with Crippen molar-refractivity contribution in [2.75, 3.05) is 23.8 Å². The largest absolute Gasteiger partial charge is 0.494 e. The molecule has 1 N–H and O–H groups in total. The second-order valence-corrected chi connectivity index (χ2v) is 7.83. The average Bonchev–Trinajstić information content (AvgIpc) is 2.69. The predicted octanol–water partition coefficient (Wildman–Crippen LogP) is 4.13. The summed E-state index contributed by atoms with van der Waals surface area (Å²) in [5.41, 5.74) is 2.52. The van der Waals surface area contributed by atoms with Crippen LogP contribution in [0.4, 0.5) is 11.4 Å². The SMILES string of the molecule is COc1cc(N(C)Cc2ccccc2)ccc1NS(=O)(=O)c1ccccc1. The molecule has 0 aliphatic rings. The number of anilines is 2. The minimum absolute atomic E-state index is 0.206. The number of hydrogen-bond donors (Lipinski definition) is 1. The lowest BCUT2D eigenvalue weighted by molar-refractivity contribution is 0.417. The highest BCUT2D eigenvalue weighted by atomic mass is 32.2. The zero-order chi connectivity index (χ0) is 19.3. The maximum atomic E-state index is 12.6. The number of sulfonamides is 1. The van der Waals surface area contributed by atoms with Crippen LogP contribution in [0.5, 0.6) is 5.75 Å². The molecule has 0 atom stereocenters. The number of rotatable bonds is 7. The summed E-state index contributed by atoms with van der Waals surface area (Å²) in [5.74, 6) is 0.465. The van der Waals surface area contributed by atoms with Gasteiger partial charge in [0, 0.05) is 25.3 Å². The number of nitrogens with one attached hydrogen (secondary N) is 1. The second-order valence-electron chi connectivity index (χ2n) is 6.14. The van der Waals surface area contributed by atoms with E-state index in [0.717, 1.165) is 12.2 Å². The fourth-order valence-electron chi connectivity index (χ4n) is 2.75. The first-order valence-corrected chi connectivity index (χ1v) is 9.99. The molecule has 0 aliphatic carbocycles. The standard InChI is InChI=1S/C21H22N2O3S/c1-23(16-17-9-5-3-6-10-17)18-13-14-20(21(15-18)26-2)22-27(24,25)19-11-7-4-8-12-19/h3-15,22H,16H2,1-2H3. The highest BCUT2D eigenvalue weighted by Crippen LogP contribution is 2.31. The van der Waals surface area contributed by atoms with E-state index in [-0.39, 0.29) is 4.90 Å². The summed E-state index contributed by atoms with van der Waals surface area (Å²) >= 11 is 0. The molecular formula is C21H22N2O3S. The molecule has 3 aromatic rings. The van der Waals surface area contributed by atoms with Crippen LogP contribution in [-0.4, -0.2) is 22.6 Å². The summed E-state index contributed by atoms with van der Waals surface area (Å²) in [6.07, 6.45) is 0. The molecule has 0 fully saturated rings. The first-order valence-electron chi connectivity index (χ1n) is 8.50. The lowest BCUT2D eigenvalue weighted by atomic mass is 10.2. The molecule has 0 unspecified atom stereocenters. The average molecular weight is 382 g/mol. The first-order chi connectivity index (χ1) is 13.0. The predicted molar refractivity (Wildman–Crippen MR) is 109 cm³/mol. The van der Waals surface area contributed by atoms with Crippen LogP contribution < -0.4 is 14.4 Å². The molecule has 0 amide bonds. The topological polar surface area (TPSA) is 58.6 Å². The molecule has 5 nitrogen and oxygen atoms in total. The van der Waals surface area contributed by atoms with E-state index >= 15 is 0 Å². The third-order valence-electron chi connectivity index (χ3n) is 4.19. The molecule has 0 radical (unpaired) electrons. The maximum absolute atomic E-state index is 12.6. The quantitative estimate of drug-likeness (QED) is 0.667. The minimum atomic E-state index is -3.67. The van der Waals surface area contributed by atoms with E-state index in [2.05, 4.69) is 21.8 Å². The maximum Gasteiger partial charge on any atom is 0.262 e. The fraction of sp³-hybridized carbons (Fsp3) is 0.143. The molecule has 6 heteroatoms. The van der Waals surface area contributed by atoms with Crippen LogP contribution in [0, 0.1) is 0 Å². The summed E-state index contributed by atoms with van der Waals surface area (Å²) < 4.78 is 33.1. The van der Waals surface area contributed by atoms with E-state index in [9.17, 15) is 8.42 Å². The Morgan fingerprint density at radius 1 is 0.926 bits per heavy atom. The second kappa shape index (κ2) is 8.14. The van der Waals surface area contributed by atoms with Gasteiger partial charge < -0.3 is 9.64 Å². The fourth-order valence-corrected chi connectivity index (χ4v) is 3.84. The molecule has 3 rings (SSSR count). The Morgan fingerprint density at radius 2 is 1.56 bits per heavy atom. The number of ether oxygens (including phenoxy) is 1. The Hall–Kier alpha value is -2.99. The molecule has 0 spiro atoms. The normalized spacial score (nSPS) is 11.0. The van der Waals surface area contributed by atoms with Gasteiger partial charge >= 0.3 is 0 Å².